The summed E-state index contributed by atoms with van der Waals surface area (Å²) in [6.45, 7) is 4.94. The van der Waals surface area contributed by atoms with Gasteiger partial charge in [0.05, 0.1) is 12.6 Å². The zero-order chi connectivity index (χ0) is 20.0. The molecule has 0 bridgehead atoms. The lowest BCUT2D eigenvalue weighted by Gasteiger charge is -2.31. The fraction of sp³-hybridized carbons (Fsp3) is 0.417. The van der Waals surface area contributed by atoms with Gasteiger partial charge < -0.3 is 14.5 Å². The molecule has 0 amide bonds. The molecule has 150 valence electrons. The van der Waals surface area contributed by atoms with Crippen molar-refractivity contribution in [1.82, 2.24) is 9.97 Å². The molecule has 5 rings (SSSR count). The number of ether oxygens (including phenoxy) is 1. The maximum atomic E-state index is 5.59. The molecule has 0 saturated heterocycles. The van der Waals surface area contributed by atoms with Crippen molar-refractivity contribution in [2.45, 2.75) is 38.6 Å². The van der Waals surface area contributed by atoms with Crippen LogP contribution in [0.15, 0.2) is 36.4 Å². The standard InChI is InChI=1S/C24H28N4O/c1-4-27(2)18-10-11-21-20(14-18)24(26-23(25-21)16-8-9-16)28-13-12-19-17(15-28)6-5-7-22(19)29-3/h5-7,10-11,14,16H,4,8-9,12-13,15H2,1-3H3. The van der Waals surface area contributed by atoms with Gasteiger partial charge in [0, 0.05) is 49.2 Å². The molecule has 29 heavy (non-hydrogen) atoms. The Balaban J connectivity index is 1.60. The average Bonchev–Trinajstić information content (AvgIpc) is 3.62. The summed E-state index contributed by atoms with van der Waals surface area (Å²) in [4.78, 5) is 14.7. The minimum absolute atomic E-state index is 0.535. The maximum Gasteiger partial charge on any atom is 0.140 e. The summed E-state index contributed by atoms with van der Waals surface area (Å²) in [5, 5.41) is 1.15. The highest BCUT2D eigenvalue weighted by Crippen LogP contribution is 2.41. The molecule has 2 aliphatic rings. The SMILES string of the molecule is CCN(C)c1ccc2nc(C3CC3)nc(N3CCc4c(cccc4OC)C3)c2c1. The molecule has 0 spiro atoms. The molecule has 1 aliphatic heterocycles. The van der Waals surface area contributed by atoms with Gasteiger partial charge in [-0.15, -0.1) is 0 Å². The molecule has 5 nitrogen and oxygen atoms in total. The van der Waals surface area contributed by atoms with E-state index in [1.54, 1.807) is 7.11 Å². The van der Waals surface area contributed by atoms with Crippen LogP contribution < -0.4 is 14.5 Å². The lowest BCUT2D eigenvalue weighted by atomic mass is 9.98. The molecule has 0 N–H and O–H groups in total. The van der Waals surface area contributed by atoms with Crippen LogP contribution in [0, 0.1) is 0 Å². The minimum atomic E-state index is 0.535. The van der Waals surface area contributed by atoms with Crippen LogP contribution in [0.25, 0.3) is 10.9 Å². The smallest absolute Gasteiger partial charge is 0.140 e. The summed E-state index contributed by atoms with van der Waals surface area (Å²) in [6, 6.07) is 13.0. The van der Waals surface area contributed by atoms with Crippen LogP contribution in [0.3, 0.4) is 0 Å². The van der Waals surface area contributed by atoms with E-state index in [4.69, 9.17) is 14.7 Å². The molecule has 0 unspecified atom stereocenters. The van der Waals surface area contributed by atoms with Gasteiger partial charge in [-0.1, -0.05) is 12.1 Å². The Morgan fingerprint density at radius 1 is 1.17 bits per heavy atom. The van der Waals surface area contributed by atoms with Crippen LogP contribution in [-0.4, -0.2) is 37.2 Å². The average molecular weight is 389 g/mol. The van der Waals surface area contributed by atoms with Crippen LogP contribution in [0.2, 0.25) is 0 Å². The first kappa shape index (κ1) is 18.2. The minimum Gasteiger partial charge on any atom is -0.496 e. The Bertz CT molecular complexity index is 1060. The van der Waals surface area contributed by atoms with E-state index < -0.39 is 0 Å². The Labute approximate surface area is 172 Å². The molecule has 1 aliphatic carbocycles. The number of aromatic nitrogens is 2. The molecular weight excluding hydrogens is 360 g/mol. The number of hydrogen-bond acceptors (Lipinski definition) is 5. The lowest BCUT2D eigenvalue weighted by Crippen LogP contribution is -2.31. The van der Waals surface area contributed by atoms with Crippen molar-refractivity contribution >= 4 is 22.4 Å². The second-order valence-corrected chi connectivity index (χ2v) is 8.16. The van der Waals surface area contributed by atoms with Gasteiger partial charge in [0.2, 0.25) is 0 Å². The quantitative estimate of drug-likeness (QED) is 0.642. The summed E-state index contributed by atoms with van der Waals surface area (Å²) in [5.74, 6) is 3.63. The third-order valence-electron chi connectivity index (χ3n) is 6.28. The molecule has 2 heterocycles. The van der Waals surface area contributed by atoms with Gasteiger partial charge in [-0.05, 0) is 56.0 Å². The zero-order valence-electron chi connectivity index (χ0n) is 17.5. The number of benzene rings is 2. The summed E-state index contributed by atoms with van der Waals surface area (Å²) in [6.07, 6.45) is 3.39. The topological polar surface area (TPSA) is 41.5 Å². The largest absolute Gasteiger partial charge is 0.496 e. The van der Waals surface area contributed by atoms with Crippen molar-refractivity contribution in [2.24, 2.45) is 0 Å². The Morgan fingerprint density at radius 2 is 2.03 bits per heavy atom. The van der Waals surface area contributed by atoms with E-state index in [1.165, 1.54) is 29.7 Å². The van der Waals surface area contributed by atoms with Gasteiger partial charge in [-0.25, -0.2) is 9.97 Å². The first-order valence-electron chi connectivity index (χ1n) is 10.6. The third kappa shape index (κ3) is 3.28. The first-order chi connectivity index (χ1) is 14.2. The predicted octanol–water partition coefficient (Wildman–Crippen LogP) is 4.53. The number of rotatable bonds is 5. The van der Waals surface area contributed by atoms with E-state index in [-0.39, 0.29) is 0 Å². The van der Waals surface area contributed by atoms with Gasteiger partial charge in [0.15, 0.2) is 0 Å². The molecule has 1 fully saturated rings. The summed E-state index contributed by atoms with van der Waals surface area (Å²) >= 11 is 0. The van der Waals surface area contributed by atoms with Gasteiger partial charge in [-0.3, -0.25) is 0 Å². The molecule has 0 radical (unpaired) electrons. The fourth-order valence-electron chi connectivity index (χ4n) is 4.25. The van der Waals surface area contributed by atoms with Crippen molar-refractivity contribution in [3.63, 3.8) is 0 Å². The molecule has 3 aromatic rings. The van der Waals surface area contributed by atoms with Crippen molar-refractivity contribution in [2.75, 3.05) is 37.0 Å². The summed E-state index contributed by atoms with van der Waals surface area (Å²) < 4.78 is 5.59. The van der Waals surface area contributed by atoms with Crippen molar-refractivity contribution in [3.8, 4) is 5.75 Å². The normalized spacial score (nSPS) is 16.0. The second kappa shape index (κ2) is 7.21. The first-order valence-corrected chi connectivity index (χ1v) is 10.6. The zero-order valence-corrected chi connectivity index (χ0v) is 17.5. The van der Waals surface area contributed by atoms with Crippen molar-refractivity contribution in [1.29, 1.82) is 0 Å². The summed E-state index contributed by atoms with van der Waals surface area (Å²) in [7, 11) is 3.89. The van der Waals surface area contributed by atoms with E-state index in [0.29, 0.717) is 5.92 Å². The van der Waals surface area contributed by atoms with Crippen molar-refractivity contribution in [3.05, 3.63) is 53.3 Å². The van der Waals surface area contributed by atoms with Gasteiger partial charge in [-0.2, -0.15) is 0 Å². The number of methoxy groups -OCH3 is 1. The van der Waals surface area contributed by atoms with Gasteiger partial charge in [0.25, 0.3) is 0 Å². The van der Waals surface area contributed by atoms with Crippen LogP contribution in [-0.2, 0) is 13.0 Å². The number of anilines is 2. The summed E-state index contributed by atoms with van der Waals surface area (Å²) in [5.41, 5.74) is 4.93. The molecule has 1 saturated carbocycles. The molecule has 2 aromatic carbocycles. The molecule has 1 aromatic heterocycles. The maximum absolute atomic E-state index is 5.59. The van der Waals surface area contributed by atoms with E-state index in [9.17, 15) is 0 Å². The number of hydrogen-bond donors (Lipinski definition) is 0. The van der Waals surface area contributed by atoms with Crippen LogP contribution >= 0.6 is 0 Å². The van der Waals surface area contributed by atoms with E-state index >= 15 is 0 Å². The fourth-order valence-corrected chi connectivity index (χ4v) is 4.25. The lowest BCUT2D eigenvalue weighted by molar-refractivity contribution is 0.407. The molecule has 0 atom stereocenters. The van der Waals surface area contributed by atoms with E-state index in [0.717, 1.165) is 54.3 Å². The monoisotopic (exact) mass is 388 g/mol. The highest BCUT2D eigenvalue weighted by atomic mass is 16.5. The predicted molar refractivity (Wildman–Crippen MR) is 118 cm³/mol. The van der Waals surface area contributed by atoms with Gasteiger partial charge in [0.1, 0.15) is 17.4 Å². The second-order valence-electron chi connectivity index (χ2n) is 8.16. The number of nitrogens with zero attached hydrogens (tertiary/aromatic N) is 4. The van der Waals surface area contributed by atoms with Crippen LogP contribution in [0.4, 0.5) is 11.5 Å². The van der Waals surface area contributed by atoms with E-state index in [1.807, 2.05) is 0 Å². The molecular formula is C24H28N4O. The Hall–Kier alpha value is -2.82. The molecule has 5 heteroatoms. The van der Waals surface area contributed by atoms with Gasteiger partial charge >= 0.3 is 0 Å². The van der Waals surface area contributed by atoms with Crippen molar-refractivity contribution < 1.29 is 4.74 Å². The van der Waals surface area contributed by atoms with Crippen LogP contribution in [0.1, 0.15) is 42.6 Å². The Morgan fingerprint density at radius 3 is 2.79 bits per heavy atom. The third-order valence-corrected chi connectivity index (χ3v) is 6.28. The Kier molecular flexibility index (Phi) is 4.53. The van der Waals surface area contributed by atoms with E-state index in [2.05, 4.69) is 60.2 Å². The highest BCUT2D eigenvalue weighted by molar-refractivity contribution is 5.92. The highest BCUT2D eigenvalue weighted by Gasteiger charge is 2.29. The van der Waals surface area contributed by atoms with Crippen LogP contribution in [0.5, 0.6) is 5.75 Å². The number of fused-ring (bicyclic) bond motifs is 2.